The summed E-state index contributed by atoms with van der Waals surface area (Å²) < 4.78 is 5.41. The number of hydrogen-bond acceptors (Lipinski definition) is 4. The lowest BCUT2D eigenvalue weighted by Gasteiger charge is -2.36. The minimum Gasteiger partial charge on any atom is -0.379 e. The zero-order valence-corrected chi connectivity index (χ0v) is 13.5. The summed E-state index contributed by atoms with van der Waals surface area (Å²) in [6, 6.07) is 0.662. The van der Waals surface area contributed by atoms with Gasteiger partial charge in [0.1, 0.15) is 0 Å². The summed E-state index contributed by atoms with van der Waals surface area (Å²) in [7, 11) is 0. The Labute approximate surface area is 132 Å². The first kappa shape index (κ1) is 15.7. The highest BCUT2D eigenvalue weighted by Crippen LogP contribution is 2.24. The van der Waals surface area contributed by atoms with Gasteiger partial charge in [-0.2, -0.15) is 0 Å². The number of ether oxygens (including phenoxy) is 1. The van der Waals surface area contributed by atoms with Gasteiger partial charge in [0.05, 0.1) is 19.8 Å². The summed E-state index contributed by atoms with van der Waals surface area (Å²) in [5.74, 6) is 0.245. The van der Waals surface area contributed by atoms with Crippen LogP contribution in [0.5, 0.6) is 0 Å². The van der Waals surface area contributed by atoms with Gasteiger partial charge in [-0.1, -0.05) is 0 Å². The topological polar surface area (TPSA) is 53.1 Å². The summed E-state index contributed by atoms with van der Waals surface area (Å²) in [6.07, 6.45) is 3.60. The minimum atomic E-state index is 0.110. The Kier molecular flexibility index (Phi) is 4.98. The molecule has 0 bridgehead atoms. The van der Waals surface area contributed by atoms with E-state index in [1.165, 1.54) is 0 Å². The number of carbonyl (C=O) groups excluding carboxylic acids is 2. The van der Waals surface area contributed by atoms with E-state index in [1.807, 2.05) is 4.90 Å². The molecule has 0 unspecified atom stereocenters. The van der Waals surface area contributed by atoms with Crippen LogP contribution in [-0.4, -0.2) is 84.5 Å². The van der Waals surface area contributed by atoms with E-state index in [2.05, 4.69) is 11.8 Å². The van der Waals surface area contributed by atoms with E-state index >= 15 is 0 Å². The van der Waals surface area contributed by atoms with Crippen molar-refractivity contribution in [1.29, 1.82) is 0 Å². The highest BCUT2D eigenvalue weighted by atomic mass is 16.5. The molecule has 22 heavy (non-hydrogen) atoms. The Morgan fingerprint density at radius 2 is 1.95 bits per heavy atom. The van der Waals surface area contributed by atoms with Crippen molar-refractivity contribution in [3.8, 4) is 0 Å². The van der Waals surface area contributed by atoms with Crippen LogP contribution in [0.2, 0.25) is 0 Å². The van der Waals surface area contributed by atoms with Crippen molar-refractivity contribution < 1.29 is 14.3 Å². The van der Waals surface area contributed by atoms with Crippen LogP contribution in [0.1, 0.15) is 32.6 Å². The lowest BCUT2D eigenvalue weighted by atomic mass is 10.1. The third-order valence-electron chi connectivity index (χ3n) is 5.30. The van der Waals surface area contributed by atoms with E-state index in [0.717, 1.165) is 58.7 Å². The van der Waals surface area contributed by atoms with Gasteiger partial charge in [0.2, 0.25) is 11.8 Å². The van der Waals surface area contributed by atoms with Gasteiger partial charge in [-0.15, -0.1) is 0 Å². The third kappa shape index (κ3) is 3.27. The summed E-state index contributed by atoms with van der Waals surface area (Å²) in [4.78, 5) is 30.6. The number of likely N-dealkylation sites (tertiary alicyclic amines) is 2. The van der Waals surface area contributed by atoms with Crippen molar-refractivity contribution in [2.24, 2.45) is 0 Å². The highest BCUT2D eigenvalue weighted by Gasteiger charge is 2.38. The van der Waals surface area contributed by atoms with Crippen LogP contribution in [0, 0.1) is 0 Å². The number of piperidine rings is 1. The van der Waals surface area contributed by atoms with Gasteiger partial charge in [0.25, 0.3) is 0 Å². The maximum absolute atomic E-state index is 12.6. The second kappa shape index (κ2) is 6.96. The van der Waals surface area contributed by atoms with E-state index in [4.69, 9.17) is 4.74 Å². The first-order chi connectivity index (χ1) is 10.7. The highest BCUT2D eigenvalue weighted by molar-refractivity contribution is 5.85. The van der Waals surface area contributed by atoms with Crippen molar-refractivity contribution in [2.75, 3.05) is 45.9 Å². The van der Waals surface area contributed by atoms with E-state index in [9.17, 15) is 9.59 Å². The van der Waals surface area contributed by atoms with Crippen molar-refractivity contribution >= 4 is 11.8 Å². The maximum atomic E-state index is 12.6. The molecule has 0 aromatic heterocycles. The second-order valence-electron chi connectivity index (χ2n) is 6.60. The smallest absolute Gasteiger partial charge is 0.242 e. The summed E-state index contributed by atoms with van der Waals surface area (Å²) >= 11 is 0. The average molecular weight is 309 g/mol. The summed E-state index contributed by atoms with van der Waals surface area (Å²) in [5.41, 5.74) is 0. The van der Waals surface area contributed by atoms with Crippen LogP contribution in [0.25, 0.3) is 0 Å². The van der Waals surface area contributed by atoms with Crippen LogP contribution in [0.3, 0.4) is 0 Å². The largest absolute Gasteiger partial charge is 0.379 e. The molecule has 6 nitrogen and oxygen atoms in total. The van der Waals surface area contributed by atoms with Gasteiger partial charge in [-0.3, -0.25) is 14.5 Å². The normalized spacial score (nSPS) is 30.9. The molecule has 0 saturated carbocycles. The molecule has 3 heterocycles. The lowest BCUT2D eigenvalue weighted by Crippen LogP contribution is -2.51. The molecule has 0 aromatic carbocycles. The molecule has 0 aliphatic carbocycles. The lowest BCUT2D eigenvalue weighted by molar-refractivity contribution is -0.142. The fourth-order valence-electron chi connectivity index (χ4n) is 3.96. The average Bonchev–Trinajstić information content (AvgIpc) is 2.92. The third-order valence-corrected chi connectivity index (χ3v) is 5.30. The van der Waals surface area contributed by atoms with Gasteiger partial charge in [0.15, 0.2) is 0 Å². The maximum Gasteiger partial charge on any atom is 0.242 e. The number of amides is 2. The monoisotopic (exact) mass is 309 g/mol. The number of morpholine rings is 1. The van der Waals surface area contributed by atoms with Crippen molar-refractivity contribution in [2.45, 2.75) is 44.7 Å². The SMILES string of the molecule is C[C@@H]1[C@H](N2CCOCC2)CCN1C(=O)CN1CCCCC1=O. The van der Waals surface area contributed by atoms with Gasteiger partial charge >= 0.3 is 0 Å². The first-order valence-corrected chi connectivity index (χ1v) is 8.56. The summed E-state index contributed by atoms with van der Waals surface area (Å²) in [5, 5.41) is 0. The molecular formula is C16H27N3O3. The van der Waals surface area contributed by atoms with Gasteiger partial charge in [-0.25, -0.2) is 0 Å². The zero-order valence-electron chi connectivity index (χ0n) is 13.5. The molecule has 0 N–H and O–H groups in total. The van der Waals surface area contributed by atoms with Gasteiger partial charge in [0, 0.05) is 44.7 Å². The van der Waals surface area contributed by atoms with Crippen LogP contribution in [-0.2, 0) is 14.3 Å². The Morgan fingerprint density at radius 3 is 2.68 bits per heavy atom. The van der Waals surface area contributed by atoms with Crippen LogP contribution < -0.4 is 0 Å². The standard InChI is InChI=1S/C16H27N3O3/c1-13-14(17-8-10-22-11-9-17)5-7-19(13)16(21)12-18-6-3-2-4-15(18)20/h13-14H,2-12H2,1H3/t13-,14-/m1/s1. The predicted molar refractivity (Wildman–Crippen MR) is 82.4 cm³/mol. The first-order valence-electron chi connectivity index (χ1n) is 8.56. The van der Waals surface area contributed by atoms with Crippen LogP contribution in [0.15, 0.2) is 0 Å². The Hall–Kier alpha value is -1.14. The molecular weight excluding hydrogens is 282 g/mol. The van der Waals surface area contributed by atoms with Crippen molar-refractivity contribution in [3.63, 3.8) is 0 Å². The van der Waals surface area contributed by atoms with Crippen molar-refractivity contribution in [3.05, 3.63) is 0 Å². The second-order valence-corrected chi connectivity index (χ2v) is 6.60. The number of carbonyl (C=O) groups is 2. The summed E-state index contributed by atoms with van der Waals surface area (Å²) in [6.45, 7) is 7.45. The molecule has 0 radical (unpaired) electrons. The van der Waals surface area contributed by atoms with Crippen molar-refractivity contribution in [1.82, 2.24) is 14.7 Å². The van der Waals surface area contributed by atoms with Gasteiger partial charge in [-0.05, 0) is 26.2 Å². The van der Waals surface area contributed by atoms with Gasteiger partial charge < -0.3 is 14.5 Å². The minimum absolute atomic E-state index is 0.110. The number of hydrogen-bond donors (Lipinski definition) is 0. The molecule has 2 amide bonds. The molecule has 0 spiro atoms. The fraction of sp³-hybridized carbons (Fsp3) is 0.875. The predicted octanol–water partition coefficient (Wildman–Crippen LogP) is 0.321. The molecule has 3 saturated heterocycles. The molecule has 3 fully saturated rings. The molecule has 3 rings (SSSR count). The molecule has 6 heteroatoms. The molecule has 3 aliphatic rings. The Balaban J connectivity index is 1.55. The molecule has 3 aliphatic heterocycles. The molecule has 124 valence electrons. The van der Waals surface area contributed by atoms with Crippen LogP contribution in [0.4, 0.5) is 0 Å². The molecule has 2 atom stereocenters. The van der Waals surface area contributed by atoms with E-state index in [-0.39, 0.29) is 24.4 Å². The quantitative estimate of drug-likeness (QED) is 0.753. The Bertz CT molecular complexity index is 423. The number of rotatable bonds is 3. The Morgan fingerprint density at radius 1 is 1.18 bits per heavy atom. The van der Waals surface area contributed by atoms with E-state index < -0.39 is 0 Å². The van der Waals surface area contributed by atoms with E-state index in [0.29, 0.717) is 12.5 Å². The number of nitrogens with zero attached hydrogens (tertiary/aromatic N) is 3. The molecule has 0 aromatic rings. The van der Waals surface area contributed by atoms with E-state index in [1.54, 1.807) is 4.90 Å². The zero-order chi connectivity index (χ0) is 15.5. The fourth-order valence-corrected chi connectivity index (χ4v) is 3.96. The van der Waals surface area contributed by atoms with Crippen LogP contribution >= 0.6 is 0 Å².